The molecule has 1 aliphatic heterocycles. The highest BCUT2D eigenvalue weighted by Gasteiger charge is 2.33. The minimum Gasteiger partial charge on any atom is -0.359 e. The summed E-state index contributed by atoms with van der Waals surface area (Å²) < 4.78 is 0. The fourth-order valence-corrected chi connectivity index (χ4v) is 4.33. The van der Waals surface area contributed by atoms with E-state index >= 15 is 0 Å². The lowest BCUT2D eigenvalue weighted by atomic mass is 9.88. The number of carbonyl (C=O) groups excluding carboxylic acids is 3. The molecule has 0 aromatic rings. The molecule has 0 aliphatic carbocycles. The average molecular weight is 402 g/mol. The minimum atomic E-state index is -0.543. The lowest BCUT2D eigenvalue weighted by Gasteiger charge is -2.28. The van der Waals surface area contributed by atoms with Crippen LogP contribution in [0.4, 0.5) is 0 Å². The Balaban J connectivity index is 2.63. The second-order valence-corrected chi connectivity index (χ2v) is 9.76. The number of nitrogens with zero attached hydrogens (tertiary/aromatic N) is 1. The van der Waals surface area contributed by atoms with Gasteiger partial charge in [0.15, 0.2) is 0 Å². The Morgan fingerprint density at radius 3 is 2.44 bits per heavy atom. The number of amides is 3. The Morgan fingerprint density at radius 2 is 1.93 bits per heavy atom. The van der Waals surface area contributed by atoms with Gasteiger partial charge in [0.05, 0.1) is 0 Å². The molecule has 1 heterocycles. The number of hydroxylamine groups is 2. The van der Waals surface area contributed by atoms with Crippen LogP contribution in [0.5, 0.6) is 0 Å². The number of nitrogens with one attached hydrogen (secondary N) is 2. The average Bonchev–Trinajstić information content (AvgIpc) is 3.12. The molecule has 8 heteroatoms. The highest BCUT2D eigenvalue weighted by Crippen LogP contribution is 2.30. The summed E-state index contributed by atoms with van der Waals surface area (Å²) in [5, 5.41) is 16.3. The highest BCUT2D eigenvalue weighted by molar-refractivity contribution is 8.00. The van der Waals surface area contributed by atoms with Crippen molar-refractivity contribution in [3.63, 3.8) is 0 Å². The first-order valence-electron chi connectivity index (χ1n) is 9.66. The van der Waals surface area contributed by atoms with Gasteiger partial charge in [0.1, 0.15) is 5.37 Å². The predicted octanol–water partition coefficient (Wildman–Crippen LogP) is 2.39. The van der Waals surface area contributed by atoms with Gasteiger partial charge in [-0.25, -0.2) is 5.06 Å². The summed E-state index contributed by atoms with van der Waals surface area (Å²) in [7, 11) is 1.59. The van der Waals surface area contributed by atoms with Gasteiger partial charge in [-0.1, -0.05) is 27.7 Å². The molecule has 1 fully saturated rings. The third-order valence-electron chi connectivity index (χ3n) is 4.62. The van der Waals surface area contributed by atoms with Crippen LogP contribution in [0.3, 0.4) is 0 Å². The molecule has 3 N–H and O–H groups in total. The Kier molecular flexibility index (Phi) is 9.59. The molecule has 0 aromatic carbocycles. The van der Waals surface area contributed by atoms with E-state index in [1.54, 1.807) is 18.8 Å². The minimum absolute atomic E-state index is 0.0432. The van der Waals surface area contributed by atoms with Gasteiger partial charge in [-0.05, 0) is 36.3 Å². The van der Waals surface area contributed by atoms with E-state index in [0.29, 0.717) is 19.4 Å². The van der Waals surface area contributed by atoms with Gasteiger partial charge >= 0.3 is 0 Å². The third-order valence-corrected chi connectivity index (χ3v) is 5.97. The summed E-state index contributed by atoms with van der Waals surface area (Å²) >= 11 is 1.57. The van der Waals surface area contributed by atoms with E-state index in [2.05, 4.69) is 10.6 Å². The molecule has 1 rings (SSSR count). The van der Waals surface area contributed by atoms with Crippen LogP contribution in [-0.2, 0) is 14.4 Å². The van der Waals surface area contributed by atoms with Crippen LogP contribution in [0.1, 0.15) is 59.8 Å². The molecular weight excluding hydrogens is 366 g/mol. The molecule has 156 valence electrons. The highest BCUT2D eigenvalue weighted by atomic mass is 32.2. The summed E-state index contributed by atoms with van der Waals surface area (Å²) in [6, 6.07) is 0. The Labute approximate surface area is 167 Å². The fraction of sp³-hybridized carbons (Fsp3) is 0.842. The first-order valence-corrected chi connectivity index (χ1v) is 10.7. The quantitative estimate of drug-likeness (QED) is 0.386. The molecule has 0 aromatic heterocycles. The van der Waals surface area contributed by atoms with Crippen LogP contribution in [0.25, 0.3) is 0 Å². The molecule has 27 heavy (non-hydrogen) atoms. The van der Waals surface area contributed by atoms with Gasteiger partial charge < -0.3 is 10.6 Å². The number of carbonyl (C=O) groups is 3. The fourth-order valence-electron chi connectivity index (χ4n) is 3.14. The molecule has 3 amide bonds. The summed E-state index contributed by atoms with van der Waals surface area (Å²) in [4.78, 5) is 36.7. The lowest BCUT2D eigenvalue weighted by molar-refractivity contribution is -0.174. The van der Waals surface area contributed by atoms with Crippen LogP contribution in [-0.4, -0.2) is 52.7 Å². The van der Waals surface area contributed by atoms with E-state index in [4.69, 9.17) is 0 Å². The lowest BCUT2D eigenvalue weighted by Crippen LogP contribution is -2.42. The van der Waals surface area contributed by atoms with Crippen molar-refractivity contribution in [3.05, 3.63) is 0 Å². The molecule has 2 atom stereocenters. The van der Waals surface area contributed by atoms with Crippen LogP contribution in [0.15, 0.2) is 0 Å². The number of hydrogen-bond acceptors (Lipinski definition) is 5. The van der Waals surface area contributed by atoms with E-state index in [0.717, 1.165) is 23.7 Å². The Bertz CT molecular complexity index is 519. The van der Waals surface area contributed by atoms with Gasteiger partial charge in [0, 0.05) is 32.4 Å². The zero-order chi connectivity index (χ0) is 20.6. The van der Waals surface area contributed by atoms with Crippen LogP contribution < -0.4 is 10.6 Å². The van der Waals surface area contributed by atoms with E-state index in [-0.39, 0.29) is 40.8 Å². The van der Waals surface area contributed by atoms with E-state index in [1.165, 1.54) is 0 Å². The molecule has 2 unspecified atom stereocenters. The van der Waals surface area contributed by atoms with Gasteiger partial charge in [0.25, 0.3) is 5.91 Å². The third kappa shape index (κ3) is 8.51. The summed E-state index contributed by atoms with van der Waals surface area (Å²) in [5.41, 5.74) is -0.378. The normalized spacial score (nSPS) is 18.3. The van der Waals surface area contributed by atoms with Crippen molar-refractivity contribution in [2.24, 2.45) is 17.3 Å². The maximum absolute atomic E-state index is 12.7. The van der Waals surface area contributed by atoms with Crippen LogP contribution in [0.2, 0.25) is 0 Å². The van der Waals surface area contributed by atoms with Crippen LogP contribution >= 0.6 is 11.8 Å². The van der Waals surface area contributed by atoms with Crippen molar-refractivity contribution in [1.82, 2.24) is 15.7 Å². The number of thioether (sulfide) groups is 1. The SMILES string of the molecule is CNC(=O)CC(C)(C)CNC(=O)CC(CC(C)C)C(=O)N(O)C1CCCS1. The largest absolute Gasteiger partial charge is 0.359 e. The molecule has 1 saturated heterocycles. The maximum atomic E-state index is 12.7. The van der Waals surface area contributed by atoms with Crippen LogP contribution in [0, 0.1) is 17.3 Å². The molecule has 0 saturated carbocycles. The molecule has 0 bridgehead atoms. The topological polar surface area (TPSA) is 98.7 Å². The molecule has 1 aliphatic rings. The van der Waals surface area contributed by atoms with E-state index < -0.39 is 5.92 Å². The second-order valence-electron chi connectivity index (χ2n) is 8.47. The summed E-state index contributed by atoms with van der Waals surface area (Å²) in [5.74, 6) is -0.0501. The number of hydrogen-bond donors (Lipinski definition) is 3. The zero-order valence-corrected chi connectivity index (χ0v) is 18.0. The summed E-state index contributed by atoms with van der Waals surface area (Å²) in [6.45, 7) is 8.16. The smallest absolute Gasteiger partial charge is 0.250 e. The van der Waals surface area contributed by atoms with Crippen molar-refractivity contribution in [2.45, 2.75) is 65.2 Å². The van der Waals surface area contributed by atoms with E-state index in [9.17, 15) is 19.6 Å². The molecular formula is C19H35N3O4S. The Hall–Kier alpha value is -1.28. The van der Waals surface area contributed by atoms with E-state index in [1.807, 2.05) is 27.7 Å². The molecule has 0 spiro atoms. The van der Waals surface area contributed by atoms with Crippen molar-refractivity contribution in [2.75, 3.05) is 19.3 Å². The Morgan fingerprint density at radius 1 is 1.26 bits per heavy atom. The van der Waals surface area contributed by atoms with Gasteiger partial charge in [-0.3, -0.25) is 19.6 Å². The maximum Gasteiger partial charge on any atom is 0.250 e. The first kappa shape index (κ1) is 23.8. The van der Waals surface area contributed by atoms with Crippen molar-refractivity contribution < 1.29 is 19.6 Å². The van der Waals surface area contributed by atoms with Crippen molar-refractivity contribution >= 4 is 29.5 Å². The molecule has 0 radical (unpaired) electrons. The number of rotatable bonds is 10. The second kappa shape index (κ2) is 10.9. The predicted molar refractivity (Wildman–Crippen MR) is 107 cm³/mol. The zero-order valence-electron chi connectivity index (χ0n) is 17.2. The van der Waals surface area contributed by atoms with Gasteiger partial charge in [-0.15, -0.1) is 11.8 Å². The standard InChI is InChI=1S/C19H35N3O4S/c1-13(2)9-14(18(25)22(26)17-7-6-8-27-17)10-15(23)21-12-19(3,4)11-16(24)20-5/h13-14,17,26H,6-12H2,1-5H3,(H,20,24)(H,21,23). The molecule has 7 nitrogen and oxygen atoms in total. The van der Waals surface area contributed by atoms with Crippen molar-refractivity contribution in [1.29, 1.82) is 0 Å². The van der Waals surface area contributed by atoms with Gasteiger partial charge in [0.2, 0.25) is 11.8 Å². The van der Waals surface area contributed by atoms with Crippen molar-refractivity contribution in [3.8, 4) is 0 Å². The monoisotopic (exact) mass is 401 g/mol. The first-order chi connectivity index (χ1) is 12.6. The summed E-state index contributed by atoms with van der Waals surface area (Å²) in [6.07, 6.45) is 2.65. The van der Waals surface area contributed by atoms with Gasteiger partial charge in [-0.2, -0.15) is 0 Å².